The molecule has 1 N–H and O–H groups in total. The Bertz CT molecular complexity index is 478. The van der Waals surface area contributed by atoms with Gasteiger partial charge in [0.2, 0.25) is 0 Å². The van der Waals surface area contributed by atoms with E-state index in [2.05, 4.69) is 14.8 Å². The Morgan fingerprint density at radius 1 is 1.32 bits per heavy atom. The molecule has 0 bridgehead atoms. The number of fused-ring (bicyclic) bond motifs is 1. The van der Waals surface area contributed by atoms with Gasteiger partial charge in [-0.1, -0.05) is 6.42 Å². The summed E-state index contributed by atoms with van der Waals surface area (Å²) in [7, 11) is 0. The summed E-state index contributed by atoms with van der Waals surface area (Å²) in [5.41, 5.74) is 1.12. The molecule has 0 saturated carbocycles. The summed E-state index contributed by atoms with van der Waals surface area (Å²) in [4.78, 5) is 19.9. The fourth-order valence-electron chi connectivity index (χ4n) is 3.20. The third-order valence-corrected chi connectivity index (χ3v) is 4.21. The Balaban J connectivity index is 1.81. The van der Waals surface area contributed by atoms with Crippen molar-refractivity contribution < 1.29 is 9.90 Å². The van der Waals surface area contributed by atoms with Crippen LogP contribution in [0.1, 0.15) is 29.6 Å². The molecular formula is C14H19N3O2. The minimum Gasteiger partial charge on any atom is -0.478 e. The number of piperidine rings is 1. The molecule has 2 saturated heterocycles. The smallest absolute Gasteiger partial charge is 0.339 e. The van der Waals surface area contributed by atoms with Crippen LogP contribution in [0.3, 0.4) is 0 Å². The molecule has 2 aliphatic rings. The summed E-state index contributed by atoms with van der Waals surface area (Å²) in [6, 6.07) is 2.40. The van der Waals surface area contributed by atoms with Crippen LogP contribution in [-0.4, -0.2) is 53.2 Å². The van der Waals surface area contributed by atoms with Crippen molar-refractivity contribution in [1.82, 2.24) is 9.88 Å². The van der Waals surface area contributed by atoms with Gasteiger partial charge < -0.3 is 10.0 Å². The number of carboxylic acid groups (broad SMARTS) is 1. The van der Waals surface area contributed by atoms with E-state index < -0.39 is 5.97 Å². The molecule has 1 atom stereocenters. The monoisotopic (exact) mass is 261 g/mol. The van der Waals surface area contributed by atoms with E-state index in [0.717, 1.165) is 25.3 Å². The number of piperazine rings is 1. The standard InChI is InChI=1S/C14H19N3O2/c18-14(19)12-9-15-5-4-13(12)17-8-7-16-6-2-1-3-11(16)10-17/h4-5,9,11H,1-3,6-8,10H2,(H,18,19). The molecule has 2 aliphatic heterocycles. The third-order valence-electron chi connectivity index (χ3n) is 4.21. The lowest BCUT2D eigenvalue weighted by Gasteiger charge is -2.45. The average molecular weight is 261 g/mol. The lowest BCUT2D eigenvalue weighted by atomic mass is 9.99. The van der Waals surface area contributed by atoms with Gasteiger partial charge in [-0.05, 0) is 25.5 Å². The van der Waals surface area contributed by atoms with Crippen LogP contribution in [0.15, 0.2) is 18.5 Å². The number of aromatic carboxylic acids is 1. The largest absolute Gasteiger partial charge is 0.478 e. The maximum absolute atomic E-state index is 11.3. The Morgan fingerprint density at radius 2 is 2.21 bits per heavy atom. The number of hydrogen-bond acceptors (Lipinski definition) is 4. The molecule has 0 aliphatic carbocycles. The molecule has 1 unspecified atom stereocenters. The van der Waals surface area contributed by atoms with Crippen LogP contribution in [-0.2, 0) is 0 Å². The summed E-state index contributed by atoms with van der Waals surface area (Å²) < 4.78 is 0. The molecule has 102 valence electrons. The summed E-state index contributed by atoms with van der Waals surface area (Å²) in [6.45, 7) is 4.07. The normalized spacial score (nSPS) is 24.0. The van der Waals surface area contributed by atoms with Crippen molar-refractivity contribution in [3.8, 4) is 0 Å². The topological polar surface area (TPSA) is 56.7 Å². The molecule has 0 aromatic carbocycles. The molecule has 0 spiro atoms. The molecule has 2 fully saturated rings. The molecule has 1 aromatic rings. The Morgan fingerprint density at radius 3 is 3.05 bits per heavy atom. The number of carbonyl (C=O) groups is 1. The second kappa shape index (κ2) is 5.17. The van der Waals surface area contributed by atoms with E-state index in [1.807, 2.05) is 6.07 Å². The predicted octanol–water partition coefficient (Wildman–Crippen LogP) is 1.45. The number of carboxylic acids is 1. The lowest BCUT2D eigenvalue weighted by Crippen LogP contribution is -2.55. The molecule has 0 radical (unpaired) electrons. The fraction of sp³-hybridized carbons (Fsp3) is 0.571. The molecular weight excluding hydrogens is 242 g/mol. The zero-order valence-corrected chi connectivity index (χ0v) is 11.0. The van der Waals surface area contributed by atoms with Crippen LogP contribution in [0.25, 0.3) is 0 Å². The van der Waals surface area contributed by atoms with Gasteiger partial charge in [-0.15, -0.1) is 0 Å². The van der Waals surface area contributed by atoms with Crippen LogP contribution >= 0.6 is 0 Å². The number of anilines is 1. The maximum Gasteiger partial charge on any atom is 0.339 e. The van der Waals surface area contributed by atoms with Gasteiger partial charge in [0, 0.05) is 38.1 Å². The lowest BCUT2D eigenvalue weighted by molar-refractivity contribution is 0.0696. The fourth-order valence-corrected chi connectivity index (χ4v) is 3.20. The van der Waals surface area contributed by atoms with Crippen LogP contribution in [0.4, 0.5) is 5.69 Å². The summed E-state index contributed by atoms with van der Waals surface area (Å²) >= 11 is 0. The van der Waals surface area contributed by atoms with Crippen molar-refractivity contribution in [2.45, 2.75) is 25.3 Å². The Kier molecular flexibility index (Phi) is 3.38. The Hall–Kier alpha value is -1.62. The first-order chi connectivity index (χ1) is 9.25. The van der Waals surface area contributed by atoms with Crippen LogP contribution in [0, 0.1) is 0 Å². The number of nitrogens with zero attached hydrogens (tertiary/aromatic N) is 3. The van der Waals surface area contributed by atoms with Crippen LogP contribution < -0.4 is 4.90 Å². The molecule has 19 heavy (non-hydrogen) atoms. The van der Waals surface area contributed by atoms with Gasteiger partial charge in [0.1, 0.15) is 5.56 Å². The van der Waals surface area contributed by atoms with Crippen molar-refractivity contribution >= 4 is 11.7 Å². The maximum atomic E-state index is 11.3. The zero-order chi connectivity index (χ0) is 13.2. The minimum absolute atomic E-state index is 0.312. The first kappa shape index (κ1) is 12.4. The van der Waals surface area contributed by atoms with E-state index in [1.165, 1.54) is 32.0 Å². The average Bonchev–Trinajstić information content (AvgIpc) is 2.46. The van der Waals surface area contributed by atoms with Crippen molar-refractivity contribution in [2.24, 2.45) is 0 Å². The summed E-state index contributed by atoms with van der Waals surface area (Å²) in [5, 5.41) is 9.25. The van der Waals surface area contributed by atoms with E-state index in [9.17, 15) is 9.90 Å². The minimum atomic E-state index is -0.894. The molecule has 5 heteroatoms. The number of aromatic nitrogens is 1. The van der Waals surface area contributed by atoms with Crippen LogP contribution in [0.5, 0.6) is 0 Å². The molecule has 0 amide bonds. The van der Waals surface area contributed by atoms with Gasteiger partial charge in [0.05, 0.1) is 5.69 Å². The Labute approximate surface area is 112 Å². The molecule has 5 nitrogen and oxygen atoms in total. The van der Waals surface area contributed by atoms with Crippen molar-refractivity contribution in [3.05, 3.63) is 24.0 Å². The van der Waals surface area contributed by atoms with Gasteiger partial charge >= 0.3 is 5.97 Å². The summed E-state index contributed by atoms with van der Waals surface area (Å²) in [6.07, 6.45) is 6.94. The SMILES string of the molecule is O=C(O)c1cnccc1N1CCN2CCCCC2C1. The number of rotatable bonds is 2. The zero-order valence-electron chi connectivity index (χ0n) is 11.0. The highest BCUT2D eigenvalue weighted by Crippen LogP contribution is 2.26. The van der Waals surface area contributed by atoms with E-state index >= 15 is 0 Å². The second-order valence-electron chi connectivity index (χ2n) is 5.33. The van der Waals surface area contributed by atoms with Crippen molar-refractivity contribution in [2.75, 3.05) is 31.1 Å². The third kappa shape index (κ3) is 2.42. The van der Waals surface area contributed by atoms with E-state index in [0.29, 0.717) is 11.6 Å². The van der Waals surface area contributed by atoms with Gasteiger partial charge in [-0.25, -0.2) is 4.79 Å². The van der Waals surface area contributed by atoms with Crippen molar-refractivity contribution in [1.29, 1.82) is 0 Å². The van der Waals surface area contributed by atoms with E-state index in [-0.39, 0.29) is 0 Å². The number of hydrogen-bond donors (Lipinski definition) is 1. The van der Waals surface area contributed by atoms with Gasteiger partial charge in [0.25, 0.3) is 0 Å². The molecule has 1 aromatic heterocycles. The van der Waals surface area contributed by atoms with Gasteiger partial charge in [-0.3, -0.25) is 9.88 Å². The first-order valence-corrected chi connectivity index (χ1v) is 6.92. The van der Waals surface area contributed by atoms with Crippen LogP contribution in [0.2, 0.25) is 0 Å². The second-order valence-corrected chi connectivity index (χ2v) is 5.33. The van der Waals surface area contributed by atoms with Gasteiger partial charge in [0.15, 0.2) is 0 Å². The van der Waals surface area contributed by atoms with E-state index in [1.54, 1.807) is 6.20 Å². The summed E-state index contributed by atoms with van der Waals surface area (Å²) in [5.74, 6) is -0.894. The van der Waals surface area contributed by atoms with Crippen molar-refractivity contribution in [3.63, 3.8) is 0 Å². The highest BCUT2D eigenvalue weighted by Gasteiger charge is 2.30. The predicted molar refractivity (Wildman–Crippen MR) is 72.6 cm³/mol. The highest BCUT2D eigenvalue weighted by atomic mass is 16.4. The van der Waals surface area contributed by atoms with Gasteiger partial charge in [-0.2, -0.15) is 0 Å². The molecule has 3 heterocycles. The first-order valence-electron chi connectivity index (χ1n) is 6.92. The molecule has 3 rings (SSSR count). The quantitative estimate of drug-likeness (QED) is 0.873. The van der Waals surface area contributed by atoms with E-state index in [4.69, 9.17) is 0 Å². The number of pyridine rings is 1. The highest BCUT2D eigenvalue weighted by molar-refractivity contribution is 5.94.